The molecule has 0 radical (unpaired) electrons. The third-order valence-corrected chi connectivity index (χ3v) is 4.49. The number of nitrogens with one attached hydrogen (secondary N) is 2. The summed E-state index contributed by atoms with van der Waals surface area (Å²) in [5.41, 5.74) is 2.72. The number of thiazole rings is 1. The molecular weight excluding hydrogens is 284 g/mol. The predicted octanol–water partition coefficient (Wildman–Crippen LogP) is 2.45. The molecule has 5 nitrogen and oxygen atoms in total. The van der Waals surface area contributed by atoms with Crippen molar-refractivity contribution in [2.75, 3.05) is 11.9 Å². The van der Waals surface area contributed by atoms with Crippen molar-refractivity contribution in [2.45, 2.75) is 5.92 Å². The first kappa shape index (κ1) is 12.3. The van der Waals surface area contributed by atoms with E-state index >= 15 is 0 Å². The van der Waals surface area contributed by atoms with Crippen LogP contribution in [-0.2, 0) is 0 Å². The third-order valence-electron chi connectivity index (χ3n) is 3.54. The number of anilines is 1. The summed E-state index contributed by atoms with van der Waals surface area (Å²) in [4.78, 5) is 23.2. The first-order chi connectivity index (χ1) is 10.3. The standard InChI is InChI=1S/C15H12N4OS/c20-12-7-17-14-13(19-12)10(6-16-14)15-18-11(8-21-15)9-4-2-1-3-5-9/h1-5,7-8,10H,6H2,(H,16,17)(H,19,20). The Kier molecular flexibility index (Phi) is 2.82. The van der Waals surface area contributed by atoms with Crippen LogP contribution in [0.3, 0.4) is 0 Å². The van der Waals surface area contributed by atoms with E-state index in [-0.39, 0.29) is 11.5 Å². The average Bonchev–Trinajstić information content (AvgIpc) is 3.14. The SMILES string of the molecule is O=c1cnc2c([nH]1)C(c1nc(-c3ccccc3)cs1)CN2. The smallest absolute Gasteiger partial charge is 0.266 e. The fourth-order valence-electron chi connectivity index (χ4n) is 2.51. The molecular formula is C15H12N4OS. The van der Waals surface area contributed by atoms with Gasteiger partial charge in [-0.05, 0) is 0 Å². The van der Waals surface area contributed by atoms with Gasteiger partial charge in [-0.3, -0.25) is 4.79 Å². The summed E-state index contributed by atoms with van der Waals surface area (Å²) in [5.74, 6) is 0.805. The van der Waals surface area contributed by atoms with Crippen LogP contribution in [0.5, 0.6) is 0 Å². The molecule has 1 atom stereocenters. The fraction of sp³-hybridized carbons (Fsp3) is 0.133. The Labute approximate surface area is 124 Å². The Bertz CT molecular complexity index is 840. The van der Waals surface area contributed by atoms with Gasteiger partial charge in [0.1, 0.15) is 10.8 Å². The molecule has 2 aromatic heterocycles. The summed E-state index contributed by atoms with van der Waals surface area (Å²) in [6.45, 7) is 0.712. The molecule has 3 heterocycles. The van der Waals surface area contributed by atoms with Crippen molar-refractivity contribution in [1.29, 1.82) is 0 Å². The van der Waals surface area contributed by atoms with Crippen LogP contribution in [-0.4, -0.2) is 21.5 Å². The Morgan fingerprint density at radius 3 is 2.95 bits per heavy atom. The number of hydrogen-bond donors (Lipinski definition) is 2. The molecule has 1 aliphatic rings. The van der Waals surface area contributed by atoms with Gasteiger partial charge in [0.15, 0.2) is 0 Å². The highest BCUT2D eigenvalue weighted by Crippen LogP contribution is 2.35. The van der Waals surface area contributed by atoms with E-state index in [0.29, 0.717) is 6.54 Å². The number of H-pyrrole nitrogens is 1. The molecule has 21 heavy (non-hydrogen) atoms. The molecule has 3 aromatic rings. The summed E-state index contributed by atoms with van der Waals surface area (Å²) < 4.78 is 0. The lowest BCUT2D eigenvalue weighted by Gasteiger charge is -2.04. The normalized spacial score (nSPS) is 16.5. The Hall–Kier alpha value is -2.47. The van der Waals surface area contributed by atoms with Gasteiger partial charge in [-0.25, -0.2) is 9.97 Å². The highest BCUT2D eigenvalue weighted by atomic mass is 32.1. The zero-order chi connectivity index (χ0) is 14.2. The second kappa shape index (κ2) is 4.82. The number of hydrogen-bond acceptors (Lipinski definition) is 5. The van der Waals surface area contributed by atoms with Crippen LogP contribution in [0.1, 0.15) is 16.6 Å². The number of aromatic amines is 1. The average molecular weight is 296 g/mol. The van der Waals surface area contributed by atoms with Gasteiger partial charge in [-0.2, -0.15) is 0 Å². The van der Waals surface area contributed by atoms with Crippen molar-refractivity contribution in [2.24, 2.45) is 0 Å². The maximum atomic E-state index is 11.5. The maximum Gasteiger partial charge on any atom is 0.266 e. The van der Waals surface area contributed by atoms with E-state index in [1.165, 1.54) is 6.20 Å². The van der Waals surface area contributed by atoms with Crippen molar-refractivity contribution < 1.29 is 0 Å². The Balaban J connectivity index is 1.72. The van der Waals surface area contributed by atoms with Crippen LogP contribution in [0.2, 0.25) is 0 Å². The zero-order valence-corrected chi connectivity index (χ0v) is 11.9. The zero-order valence-electron chi connectivity index (χ0n) is 11.0. The lowest BCUT2D eigenvalue weighted by Crippen LogP contribution is -2.10. The van der Waals surface area contributed by atoms with E-state index in [4.69, 9.17) is 4.98 Å². The molecule has 0 fully saturated rings. The van der Waals surface area contributed by atoms with Crippen molar-refractivity contribution in [3.8, 4) is 11.3 Å². The van der Waals surface area contributed by atoms with Crippen molar-refractivity contribution in [3.05, 3.63) is 63.0 Å². The van der Waals surface area contributed by atoms with Crippen LogP contribution < -0.4 is 10.9 Å². The van der Waals surface area contributed by atoms with Crippen molar-refractivity contribution in [1.82, 2.24) is 15.0 Å². The molecule has 0 saturated carbocycles. The quantitative estimate of drug-likeness (QED) is 0.762. The van der Waals surface area contributed by atoms with Gasteiger partial charge in [0.2, 0.25) is 0 Å². The molecule has 6 heteroatoms. The van der Waals surface area contributed by atoms with Gasteiger partial charge < -0.3 is 10.3 Å². The van der Waals surface area contributed by atoms with E-state index in [0.717, 1.165) is 27.8 Å². The van der Waals surface area contributed by atoms with E-state index < -0.39 is 0 Å². The lowest BCUT2D eigenvalue weighted by atomic mass is 10.1. The van der Waals surface area contributed by atoms with E-state index in [9.17, 15) is 4.79 Å². The monoisotopic (exact) mass is 296 g/mol. The highest BCUT2D eigenvalue weighted by Gasteiger charge is 2.28. The summed E-state index contributed by atoms with van der Waals surface area (Å²) in [6.07, 6.45) is 1.30. The molecule has 0 spiro atoms. The number of benzene rings is 1. The first-order valence-corrected chi connectivity index (χ1v) is 7.53. The molecule has 0 saturated heterocycles. The molecule has 1 unspecified atom stereocenters. The Morgan fingerprint density at radius 2 is 2.10 bits per heavy atom. The predicted molar refractivity (Wildman–Crippen MR) is 82.7 cm³/mol. The van der Waals surface area contributed by atoms with Crippen LogP contribution >= 0.6 is 11.3 Å². The number of rotatable bonds is 2. The first-order valence-electron chi connectivity index (χ1n) is 6.65. The number of nitrogens with zero attached hydrogens (tertiary/aromatic N) is 2. The summed E-state index contributed by atoms with van der Waals surface area (Å²) in [7, 11) is 0. The summed E-state index contributed by atoms with van der Waals surface area (Å²) >= 11 is 1.61. The number of fused-ring (bicyclic) bond motifs is 1. The number of aromatic nitrogens is 3. The maximum absolute atomic E-state index is 11.5. The van der Waals surface area contributed by atoms with Gasteiger partial charge in [-0.1, -0.05) is 30.3 Å². The molecule has 2 N–H and O–H groups in total. The van der Waals surface area contributed by atoms with Crippen molar-refractivity contribution >= 4 is 17.2 Å². The second-order valence-corrected chi connectivity index (χ2v) is 5.77. The minimum absolute atomic E-state index is 0.0591. The second-order valence-electron chi connectivity index (χ2n) is 4.88. The molecule has 0 aliphatic carbocycles. The van der Waals surface area contributed by atoms with Gasteiger partial charge in [0, 0.05) is 17.5 Å². The molecule has 0 amide bonds. The van der Waals surface area contributed by atoms with E-state index in [1.807, 2.05) is 30.3 Å². The lowest BCUT2D eigenvalue weighted by molar-refractivity contribution is 0.852. The molecule has 104 valence electrons. The fourth-order valence-corrected chi connectivity index (χ4v) is 3.45. The largest absolute Gasteiger partial charge is 0.368 e. The van der Waals surface area contributed by atoms with E-state index in [2.05, 4.69) is 20.7 Å². The van der Waals surface area contributed by atoms with Crippen LogP contribution in [0.15, 0.2) is 46.7 Å². The highest BCUT2D eigenvalue weighted by molar-refractivity contribution is 7.10. The van der Waals surface area contributed by atoms with E-state index in [1.54, 1.807) is 11.3 Å². The molecule has 4 rings (SSSR count). The van der Waals surface area contributed by atoms with Gasteiger partial charge >= 0.3 is 0 Å². The summed E-state index contributed by atoms with van der Waals surface area (Å²) in [5, 5.41) is 6.25. The van der Waals surface area contributed by atoms with Crippen molar-refractivity contribution in [3.63, 3.8) is 0 Å². The Morgan fingerprint density at radius 1 is 1.24 bits per heavy atom. The minimum atomic E-state index is -0.178. The molecule has 1 aromatic carbocycles. The molecule has 1 aliphatic heterocycles. The van der Waals surface area contributed by atoms with Crippen LogP contribution in [0.4, 0.5) is 5.82 Å². The summed E-state index contributed by atoms with van der Waals surface area (Å²) in [6, 6.07) is 10.1. The topological polar surface area (TPSA) is 70.7 Å². The van der Waals surface area contributed by atoms with Gasteiger partial charge in [0.25, 0.3) is 5.56 Å². The van der Waals surface area contributed by atoms with Crippen LogP contribution in [0, 0.1) is 0 Å². The van der Waals surface area contributed by atoms with Gasteiger partial charge in [-0.15, -0.1) is 11.3 Å². The third kappa shape index (κ3) is 2.13. The molecule has 0 bridgehead atoms. The minimum Gasteiger partial charge on any atom is -0.368 e. The van der Waals surface area contributed by atoms with Gasteiger partial charge in [0.05, 0.1) is 23.5 Å². The van der Waals surface area contributed by atoms with Crippen LogP contribution in [0.25, 0.3) is 11.3 Å².